The Bertz CT molecular complexity index is 462. The summed E-state index contributed by atoms with van der Waals surface area (Å²) in [6, 6.07) is 10.5. The van der Waals surface area contributed by atoms with Crippen LogP contribution in [0.5, 0.6) is 0 Å². The third kappa shape index (κ3) is 3.67. The molecule has 2 aromatic rings. The van der Waals surface area contributed by atoms with Crippen LogP contribution in [0.25, 0.3) is 0 Å². The Morgan fingerprint density at radius 1 is 1.22 bits per heavy atom. The van der Waals surface area contributed by atoms with E-state index in [9.17, 15) is 0 Å². The van der Waals surface area contributed by atoms with Crippen molar-refractivity contribution in [3.8, 4) is 0 Å². The molecule has 0 aliphatic rings. The van der Waals surface area contributed by atoms with E-state index in [1.807, 2.05) is 11.6 Å². The van der Waals surface area contributed by atoms with Crippen LogP contribution in [0.4, 0.5) is 0 Å². The molecule has 0 saturated heterocycles. The van der Waals surface area contributed by atoms with Gasteiger partial charge in [0.05, 0.1) is 6.04 Å². The van der Waals surface area contributed by atoms with Gasteiger partial charge in [-0.25, -0.2) is 4.98 Å². The molecule has 0 fully saturated rings. The highest BCUT2D eigenvalue weighted by Gasteiger charge is 2.04. The largest absolute Gasteiger partial charge is 0.321 e. The molecular formula is C14H20N4. The minimum absolute atomic E-state index is 0.0874. The smallest absolute Gasteiger partial charge is 0.166 e. The SMILES string of the molecule is CC(N)c1ncn(CCCCc2ccccc2)n1. The van der Waals surface area contributed by atoms with Crippen molar-refractivity contribution in [2.45, 2.75) is 38.8 Å². The van der Waals surface area contributed by atoms with Crippen molar-refractivity contribution < 1.29 is 0 Å². The summed E-state index contributed by atoms with van der Waals surface area (Å²) in [7, 11) is 0. The van der Waals surface area contributed by atoms with E-state index < -0.39 is 0 Å². The molecule has 0 spiro atoms. The van der Waals surface area contributed by atoms with E-state index in [0.29, 0.717) is 0 Å². The maximum Gasteiger partial charge on any atom is 0.166 e. The molecule has 1 aromatic heterocycles. The van der Waals surface area contributed by atoms with Crippen molar-refractivity contribution in [1.82, 2.24) is 14.8 Å². The molecule has 1 unspecified atom stereocenters. The highest BCUT2D eigenvalue weighted by molar-refractivity contribution is 5.14. The highest BCUT2D eigenvalue weighted by Crippen LogP contribution is 2.06. The van der Waals surface area contributed by atoms with Crippen LogP contribution in [-0.2, 0) is 13.0 Å². The van der Waals surface area contributed by atoms with Crippen LogP contribution in [0.1, 0.15) is 37.2 Å². The van der Waals surface area contributed by atoms with Crippen molar-refractivity contribution in [3.05, 3.63) is 48.0 Å². The summed E-state index contributed by atoms with van der Waals surface area (Å²) in [5, 5.41) is 4.33. The van der Waals surface area contributed by atoms with Gasteiger partial charge in [-0.2, -0.15) is 5.10 Å². The van der Waals surface area contributed by atoms with E-state index in [1.54, 1.807) is 6.33 Å². The quantitative estimate of drug-likeness (QED) is 0.793. The van der Waals surface area contributed by atoms with Crippen molar-refractivity contribution in [2.75, 3.05) is 0 Å². The number of hydrogen-bond donors (Lipinski definition) is 1. The molecule has 2 N–H and O–H groups in total. The minimum Gasteiger partial charge on any atom is -0.321 e. The van der Waals surface area contributed by atoms with Gasteiger partial charge >= 0.3 is 0 Å². The molecule has 4 heteroatoms. The molecule has 0 bridgehead atoms. The maximum absolute atomic E-state index is 5.72. The number of nitrogens with two attached hydrogens (primary N) is 1. The van der Waals surface area contributed by atoms with Gasteiger partial charge in [-0.1, -0.05) is 30.3 Å². The third-order valence-electron chi connectivity index (χ3n) is 2.91. The van der Waals surface area contributed by atoms with E-state index in [1.165, 1.54) is 5.56 Å². The van der Waals surface area contributed by atoms with Gasteiger partial charge in [-0.3, -0.25) is 4.68 Å². The van der Waals surface area contributed by atoms with Gasteiger partial charge in [0.2, 0.25) is 0 Å². The van der Waals surface area contributed by atoms with E-state index in [0.717, 1.165) is 31.6 Å². The molecule has 18 heavy (non-hydrogen) atoms. The van der Waals surface area contributed by atoms with E-state index in [-0.39, 0.29) is 6.04 Å². The molecule has 2 rings (SSSR count). The standard InChI is InChI=1S/C14H20N4/c1-12(15)14-16-11-18(17-14)10-6-5-9-13-7-3-2-4-8-13/h2-4,7-8,11-12H,5-6,9-10,15H2,1H3. The van der Waals surface area contributed by atoms with Crippen LogP contribution in [0.2, 0.25) is 0 Å². The molecule has 0 radical (unpaired) electrons. The summed E-state index contributed by atoms with van der Waals surface area (Å²) >= 11 is 0. The van der Waals surface area contributed by atoms with Gasteiger partial charge in [0.15, 0.2) is 5.82 Å². The van der Waals surface area contributed by atoms with E-state index in [4.69, 9.17) is 5.73 Å². The Kier molecular flexibility index (Phi) is 4.47. The molecule has 0 saturated carbocycles. The zero-order chi connectivity index (χ0) is 12.8. The Balaban J connectivity index is 1.72. The first-order chi connectivity index (χ1) is 8.75. The molecule has 1 heterocycles. The molecule has 0 aliphatic carbocycles. The Morgan fingerprint density at radius 3 is 2.67 bits per heavy atom. The lowest BCUT2D eigenvalue weighted by Gasteiger charge is -2.02. The lowest BCUT2D eigenvalue weighted by molar-refractivity contribution is 0.547. The molecule has 96 valence electrons. The van der Waals surface area contributed by atoms with Gasteiger partial charge in [-0.05, 0) is 31.7 Å². The summed E-state index contributed by atoms with van der Waals surface area (Å²) in [5.41, 5.74) is 7.12. The number of unbranched alkanes of at least 4 members (excludes halogenated alkanes) is 1. The van der Waals surface area contributed by atoms with Crippen LogP contribution in [0.3, 0.4) is 0 Å². The summed E-state index contributed by atoms with van der Waals surface area (Å²) < 4.78 is 1.88. The lowest BCUT2D eigenvalue weighted by Crippen LogP contribution is -2.08. The van der Waals surface area contributed by atoms with E-state index in [2.05, 4.69) is 40.4 Å². The second-order valence-corrected chi connectivity index (χ2v) is 4.60. The topological polar surface area (TPSA) is 56.7 Å². The predicted molar refractivity (Wildman–Crippen MR) is 72.0 cm³/mol. The average molecular weight is 244 g/mol. The maximum atomic E-state index is 5.72. The van der Waals surface area contributed by atoms with Crippen molar-refractivity contribution >= 4 is 0 Å². The van der Waals surface area contributed by atoms with Gasteiger partial charge in [0, 0.05) is 6.54 Å². The van der Waals surface area contributed by atoms with Gasteiger partial charge in [-0.15, -0.1) is 0 Å². The summed E-state index contributed by atoms with van der Waals surface area (Å²) in [4.78, 5) is 4.18. The summed E-state index contributed by atoms with van der Waals surface area (Å²) in [6.07, 6.45) is 5.16. The minimum atomic E-state index is -0.0874. The number of hydrogen-bond acceptors (Lipinski definition) is 3. The highest BCUT2D eigenvalue weighted by atomic mass is 15.3. The van der Waals surface area contributed by atoms with Gasteiger partial charge < -0.3 is 5.73 Å². The monoisotopic (exact) mass is 244 g/mol. The lowest BCUT2D eigenvalue weighted by atomic mass is 10.1. The number of aryl methyl sites for hydroxylation is 2. The molecule has 1 atom stereocenters. The second kappa shape index (κ2) is 6.31. The normalized spacial score (nSPS) is 12.6. The summed E-state index contributed by atoms with van der Waals surface area (Å²) in [6.45, 7) is 2.81. The fourth-order valence-corrected chi connectivity index (χ4v) is 1.87. The van der Waals surface area contributed by atoms with Crippen molar-refractivity contribution in [2.24, 2.45) is 5.73 Å². The second-order valence-electron chi connectivity index (χ2n) is 4.60. The van der Waals surface area contributed by atoms with Crippen LogP contribution in [0.15, 0.2) is 36.7 Å². The van der Waals surface area contributed by atoms with Crippen molar-refractivity contribution in [1.29, 1.82) is 0 Å². The predicted octanol–water partition coefficient (Wildman–Crippen LogP) is 2.32. The number of benzene rings is 1. The van der Waals surface area contributed by atoms with Gasteiger partial charge in [0.25, 0.3) is 0 Å². The fourth-order valence-electron chi connectivity index (χ4n) is 1.87. The van der Waals surface area contributed by atoms with Crippen LogP contribution < -0.4 is 5.73 Å². The van der Waals surface area contributed by atoms with Crippen LogP contribution >= 0.6 is 0 Å². The van der Waals surface area contributed by atoms with Gasteiger partial charge in [0.1, 0.15) is 6.33 Å². The molecular weight excluding hydrogens is 224 g/mol. The fraction of sp³-hybridized carbons (Fsp3) is 0.429. The van der Waals surface area contributed by atoms with Crippen LogP contribution in [-0.4, -0.2) is 14.8 Å². The number of nitrogens with zero attached hydrogens (tertiary/aromatic N) is 3. The first-order valence-electron chi connectivity index (χ1n) is 6.44. The molecule has 0 amide bonds. The Labute approximate surface area is 108 Å². The number of rotatable bonds is 6. The zero-order valence-corrected chi connectivity index (χ0v) is 10.8. The first-order valence-corrected chi connectivity index (χ1v) is 6.44. The zero-order valence-electron chi connectivity index (χ0n) is 10.8. The Hall–Kier alpha value is -1.68. The van der Waals surface area contributed by atoms with Crippen LogP contribution in [0, 0.1) is 0 Å². The summed E-state index contributed by atoms with van der Waals surface area (Å²) in [5.74, 6) is 0.720. The average Bonchev–Trinajstić information content (AvgIpc) is 2.85. The Morgan fingerprint density at radius 2 is 2.00 bits per heavy atom. The molecule has 0 aliphatic heterocycles. The molecule has 4 nitrogen and oxygen atoms in total. The van der Waals surface area contributed by atoms with E-state index >= 15 is 0 Å². The number of aromatic nitrogens is 3. The van der Waals surface area contributed by atoms with Crippen molar-refractivity contribution in [3.63, 3.8) is 0 Å². The first kappa shape index (κ1) is 12.8. The molecule has 1 aromatic carbocycles. The third-order valence-corrected chi connectivity index (χ3v) is 2.91.